The van der Waals surface area contributed by atoms with Gasteiger partial charge < -0.3 is 31.1 Å². The van der Waals surface area contributed by atoms with Gasteiger partial charge >= 0.3 is 12.2 Å². The molecule has 0 spiro atoms. The van der Waals surface area contributed by atoms with E-state index in [2.05, 4.69) is 10.6 Å². The highest BCUT2D eigenvalue weighted by Crippen LogP contribution is 2.11. The molecular weight excluding hydrogens is 440 g/mol. The van der Waals surface area contributed by atoms with Crippen LogP contribution in [-0.4, -0.2) is 58.2 Å². The summed E-state index contributed by atoms with van der Waals surface area (Å²) in [7, 11) is 0. The molecule has 0 radical (unpaired) electrons. The van der Waals surface area contributed by atoms with Gasteiger partial charge in [-0.25, -0.2) is 9.59 Å². The van der Waals surface area contributed by atoms with Crippen LogP contribution >= 0.6 is 0 Å². The summed E-state index contributed by atoms with van der Waals surface area (Å²) in [6.45, 7) is 9.13. The third-order valence-electron chi connectivity index (χ3n) is 4.94. The molecular formula is C24H38N4O6. The maximum atomic E-state index is 12.8. The summed E-state index contributed by atoms with van der Waals surface area (Å²) in [6, 6.07) is 7.40. The van der Waals surface area contributed by atoms with Gasteiger partial charge in [0.1, 0.15) is 17.7 Å². The number of carboxylic acid groups (broad SMARTS) is 1. The van der Waals surface area contributed by atoms with E-state index < -0.39 is 41.7 Å². The topological polar surface area (TPSA) is 151 Å². The van der Waals surface area contributed by atoms with Crippen molar-refractivity contribution in [3.8, 4) is 0 Å². The number of nitrogens with zero attached hydrogens (tertiary/aromatic N) is 1. The van der Waals surface area contributed by atoms with Crippen molar-refractivity contribution >= 4 is 24.0 Å². The third-order valence-corrected chi connectivity index (χ3v) is 4.94. The van der Waals surface area contributed by atoms with E-state index >= 15 is 0 Å². The second-order valence-electron chi connectivity index (χ2n) is 9.52. The van der Waals surface area contributed by atoms with Gasteiger partial charge in [-0.2, -0.15) is 0 Å². The Kier molecular flexibility index (Phi) is 11.3. The molecule has 34 heavy (non-hydrogen) atoms. The number of carbonyl (C=O) groups is 4. The molecule has 0 unspecified atom stereocenters. The van der Waals surface area contributed by atoms with Gasteiger partial charge in [-0.15, -0.1) is 0 Å². The number of hydrogen-bond acceptors (Lipinski definition) is 5. The highest BCUT2D eigenvalue weighted by molar-refractivity contribution is 5.90. The van der Waals surface area contributed by atoms with Crippen molar-refractivity contribution in [3.63, 3.8) is 0 Å². The molecule has 0 aliphatic rings. The lowest BCUT2D eigenvalue weighted by Crippen LogP contribution is -2.55. The molecule has 2 atom stereocenters. The van der Waals surface area contributed by atoms with Crippen molar-refractivity contribution in [3.05, 3.63) is 35.9 Å². The van der Waals surface area contributed by atoms with Crippen LogP contribution in [0.2, 0.25) is 0 Å². The first-order chi connectivity index (χ1) is 15.8. The molecule has 0 aliphatic heterocycles. The molecule has 5 N–H and O–H groups in total. The Morgan fingerprint density at radius 3 is 2.18 bits per heavy atom. The van der Waals surface area contributed by atoms with Crippen LogP contribution in [0.4, 0.5) is 9.59 Å². The van der Waals surface area contributed by atoms with Crippen LogP contribution in [0.25, 0.3) is 0 Å². The maximum Gasteiger partial charge on any atom is 0.408 e. The van der Waals surface area contributed by atoms with Crippen LogP contribution in [0.5, 0.6) is 0 Å². The Morgan fingerprint density at radius 1 is 1.06 bits per heavy atom. The van der Waals surface area contributed by atoms with E-state index in [0.717, 1.165) is 5.56 Å². The SMILES string of the molecule is CC(C)[C@H](NC(=O)[C@@H](CCCCN(Cc1ccccc1)C(=O)O)NC(=O)OC(C)(C)C)C(N)=O. The minimum atomic E-state index is -1.04. The molecule has 1 rings (SSSR count). The van der Waals surface area contributed by atoms with E-state index in [-0.39, 0.29) is 25.4 Å². The number of hydrogen-bond donors (Lipinski definition) is 4. The second-order valence-corrected chi connectivity index (χ2v) is 9.52. The first kappa shape index (κ1) is 28.7. The molecule has 1 aromatic carbocycles. The standard InChI is InChI=1S/C24H38N4O6/c1-16(2)19(20(25)29)27-21(30)18(26-22(31)34-24(3,4)5)13-9-10-14-28(23(32)33)15-17-11-7-6-8-12-17/h6-8,11-12,16,18-19H,9-10,13-15H2,1-5H3,(H2,25,29)(H,26,31)(H,27,30)(H,32,33)/t18-,19+/m1/s1. The van der Waals surface area contributed by atoms with Crippen molar-refractivity contribution in [1.29, 1.82) is 0 Å². The van der Waals surface area contributed by atoms with Crippen molar-refractivity contribution in [2.24, 2.45) is 11.7 Å². The average molecular weight is 479 g/mol. The first-order valence-corrected chi connectivity index (χ1v) is 11.4. The lowest BCUT2D eigenvalue weighted by molar-refractivity contribution is -0.129. The molecule has 4 amide bonds. The van der Waals surface area contributed by atoms with Gasteiger partial charge in [-0.1, -0.05) is 44.2 Å². The van der Waals surface area contributed by atoms with Crippen molar-refractivity contribution in [1.82, 2.24) is 15.5 Å². The number of alkyl carbamates (subject to hydrolysis) is 1. The quantitative estimate of drug-likeness (QED) is 0.339. The smallest absolute Gasteiger partial charge is 0.408 e. The van der Waals surface area contributed by atoms with Gasteiger partial charge in [-0.05, 0) is 51.5 Å². The minimum Gasteiger partial charge on any atom is -0.465 e. The molecule has 190 valence electrons. The summed E-state index contributed by atoms with van der Waals surface area (Å²) < 4.78 is 5.25. The Labute approximate surface area is 201 Å². The largest absolute Gasteiger partial charge is 0.465 e. The van der Waals surface area contributed by atoms with Crippen molar-refractivity contribution in [2.75, 3.05) is 6.54 Å². The molecule has 10 heteroatoms. The molecule has 0 bridgehead atoms. The van der Waals surface area contributed by atoms with Gasteiger partial charge in [0, 0.05) is 13.1 Å². The summed E-state index contributed by atoms with van der Waals surface area (Å²) in [5.41, 5.74) is 5.51. The van der Waals surface area contributed by atoms with Crippen LogP contribution in [0, 0.1) is 5.92 Å². The molecule has 10 nitrogen and oxygen atoms in total. The van der Waals surface area contributed by atoms with Crippen molar-refractivity contribution in [2.45, 2.75) is 78.1 Å². The zero-order valence-corrected chi connectivity index (χ0v) is 20.7. The van der Waals surface area contributed by atoms with Crippen LogP contribution < -0.4 is 16.4 Å². The van der Waals surface area contributed by atoms with E-state index in [9.17, 15) is 24.3 Å². The lowest BCUT2D eigenvalue weighted by atomic mass is 10.0. The van der Waals surface area contributed by atoms with Crippen LogP contribution in [0.1, 0.15) is 59.4 Å². The van der Waals surface area contributed by atoms with Gasteiger partial charge in [0.2, 0.25) is 11.8 Å². The highest BCUT2D eigenvalue weighted by atomic mass is 16.6. The molecule has 0 saturated heterocycles. The fourth-order valence-corrected chi connectivity index (χ4v) is 3.24. The zero-order chi connectivity index (χ0) is 25.9. The van der Waals surface area contributed by atoms with Crippen molar-refractivity contribution < 1.29 is 29.0 Å². The monoisotopic (exact) mass is 478 g/mol. The predicted molar refractivity (Wildman–Crippen MR) is 128 cm³/mol. The van der Waals surface area contributed by atoms with Crippen LogP contribution in [0.3, 0.4) is 0 Å². The number of benzene rings is 1. The summed E-state index contributed by atoms with van der Waals surface area (Å²) in [6.07, 6.45) is -0.638. The molecule has 0 fully saturated rings. The molecule has 1 aromatic rings. The fourth-order valence-electron chi connectivity index (χ4n) is 3.24. The highest BCUT2D eigenvalue weighted by Gasteiger charge is 2.28. The number of nitrogens with one attached hydrogen (secondary N) is 2. The van der Waals surface area contributed by atoms with E-state index in [0.29, 0.717) is 12.8 Å². The Balaban J connectivity index is 2.77. The lowest BCUT2D eigenvalue weighted by Gasteiger charge is -2.26. The predicted octanol–water partition coefficient (Wildman–Crippen LogP) is 2.86. The van der Waals surface area contributed by atoms with Gasteiger partial charge in [0.25, 0.3) is 0 Å². The zero-order valence-electron chi connectivity index (χ0n) is 20.7. The van der Waals surface area contributed by atoms with Gasteiger partial charge in [0.05, 0.1) is 0 Å². The third kappa shape index (κ3) is 11.0. The number of amides is 4. The summed E-state index contributed by atoms with van der Waals surface area (Å²) >= 11 is 0. The number of unbranched alkanes of at least 4 members (excludes halogenated alkanes) is 1. The van der Waals surface area contributed by atoms with Gasteiger partial charge in [0.15, 0.2) is 0 Å². The minimum absolute atomic E-state index is 0.230. The van der Waals surface area contributed by atoms with E-state index in [1.54, 1.807) is 34.6 Å². The van der Waals surface area contributed by atoms with Crippen LogP contribution in [0.15, 0.2) is 30.3 Å². The first-order valence-electron chi connectivity index (χ1n) is 11.4. The number of primary amides is 1. The molecule has 0 aromatic heterocycles. The summed E-state index contributed by atoms with van der Waals surface area (Å²) in [4.78, 5) is 49.7. The van der Waals surface area contributed by atoms with E-state index in [1.807, 2.05) is 30.3 Å². The average Bonchev–Trinajstić information content (AvgIpc) is 2.71. The van der Waals surface area contributed by atoms with Crippen LogP contribution in [-0.2, 0) is 20.9 Å². The number of nitrogens with two attached hydrogens (primary N) is 1. The Hall–Kier alpha value is -3.30. The molecule has 0 heterocycles. The second kappa shape index (κ2) is 13.4. The molecule has 0 saturated carbocycles. The van der Waals surface area contributed by atoms with Gasteiger partial charge in [-0.3, -0.25) is 9.59 Å². The maximum absolute atomic E-state index is 12.8. The summed E-state index contributed by atoms with van der Waals surface area (Å²) in [5, 5.41) is 14.7. The summed E-state index contributed by atoms with van der Waals surface area (Å²) in [5.74, 6) is -1.45. The number of rotatable bonds is 12. The Bertz CT molecular complexity index is 823. The van der Waals surface area contributed by atoms with E-state index in [4.69, 9.17) is 10.5 Å². The number of ether oxygens (including phenoxy) is 1. The Morgan fingerprint density at radius 2 is 1.68 bits per heavy atom. The van der Waals surface area contributed by atoms with E-state index in [1.165, 1.54) is 4.90 Å². The number of carbonyl (C=O) groups excluding carboxylic acids is 3. The molecule has 0 aliphatic carbocycles. The normalized spacial score (nSPS) is 13.0. The fraction of sp³-hybridized carbons (Fsp3) is 0.583.